The fourth-order valence-corrected chi connectivity index (χ4v) is 12.6. The first-order valence-electron chi connectivity index (χ1n) is 38.6. The molecule has 0 aromatic heterocycles. The summed E-state index contributed by atoms with van der Waals surface area (Å²) >= 11 is 0. The maximum Gasteiger partial charge on any atom is 0.220 e. The molecule has 0 aliphatic rings. The van der Waals surface area contributed by atoms with Gasteiger partial charge in [-0.25, -0.2) is 0 Å². The van der Waals surface area contributed by atoms with Gasteiger partial charge in [0.1, 0.15) is 0 Å². The molecule has 0 bridgehead atoms. The minimum Gasteiger partial charge on any atom is -0.394 e. The van der Waals surface area contributed by atoms with Crippen LogP contribution in [0.2, 0.25) is 0 Å². The fraction of sp³-hybridized carbons (Fsp3) is 0.936. The Morgan fingerprint density at radius 3 is 0.671 bits per heavy atom. The number of hydrogen-bond donors (Lipinski definition) is 3. The molecular weight excluding hydrogens is 999 g/mol. The summed E-state index contributed by atoms with van der Waals surface area (Å²) in [7, 11) is 0. The van der Waals surface area contributed by atoms with Gasteiger partial charge in [0, 0.05) is 6.42 Å². The Labute approximate surface area is 517 Å². The second kappa shape index (κ2) is 74.1. The number of carbonyl (C=O) groups excluding carboxylic acids is 1. The normalized spacial score (nSPS) is 12.7. The highest BCUT2D eigenvalue weighted by Crippen LogP contribution is 2.20. The lowest BCUT2D eigenvalue weighted by Gasteiger charge is -2.20. The highest BCUT2D eigenvalue weighted by molar-refractivity contribution is 5.76. The first-order valence-corrected chi connectivity index (χ1v) is 38.6. The third kappa shape index (κ3) is 69.6. The predicted molar refractivity (Wildman–Crippen MR) is 369 cm³/mol. The fourth-order valence-electron chi connectivity index (χ4n) is 12.6. The van der Waals surface area contributed by atoms with Crippen molar-refractivity contribution < 1.29 is 15.0 Å². The standard InChI is InChI=1S/C78H153NO3/c1-3-5-7-9-11-13-15-17-19-21-23-25-27-29-31-33-35-37-38-39-40-42-44-46-48-50-52-54-56-58-60-62-64-66-68-70-72-74-78(82)79-76(75-80)77(81)73-71-69-67-65-63-61-59-57-55-53-51-49-47-45-43-41-36-34-32-30-28-26-24-22-20-18-16-14-12-10-8-6-4-2/h21,23,71,73,76-77,80-81H,3-20,22,24-70,72,74-75H2,1-2H3,(H,79,82)/b23-21-,73-71+. The lowest BCUT2D eigenvalue weighted by molar-refractivity contribution is -0.123. The van der Waals surface area contributed by atoms with Crippen molar-refractivity contribution >= 4 is 5.91 Å². The maximum absolute atomic E-state index is 12.6. The first kappa shape index (κ1) is 80.9. The van der Waals surface area contributed by atoms with Crippen LogP contribution in [-0.2, 0) is 4.79 Å². The molecule has 0 radical (unpaired) electrons. The van der Waals surface area contributed by atoms with Gasteiger partial charge in [0.15, 0.2) is 0 Å². The van der Waals surface area contributed by atoms with E-state index in [-0.39, 0.29) is 12.5 Å². The minimum absolute atomic E-state index is 0.0530. The first-order chi connectivity index (χ1) is 40.7. The Hall–Kier alpha value is -1.13. The van der Waals surface area contributed by atoms with Gasteiger partial charge in [0.05, 0.1) is 18.8 Å². The molecule has 1 amide bonds. The molecule has 0 saturated heterocycles. The molecule has 4 heteroatoms. The van der Waals surface area contributed by atoms with Gasteiger partial charge in [-0.1, -0.05) is 423 Å². The van der Waals surface area contributed by atoms with Crippen molar-refractivity contribution in [3.05, 3.63) is 24.3 Å². The largest absolute Gasteiger partial charge is 0.394 e. The molecule has 0 heterocycles. The molecule has 0 aromatic carbocycles. The van der Waals surface area contributed by atoms with E-state index < -0.39 is 12.1 Å². The van der Waals surface area contributed by atoms with Gasteiger partial charge < -0.3 is 15.5 Å². The Balaban J connectivity index is 3.38. The van der Waals surface area contributed by atoms with E-state index in [1.807, 2.05) is 6.08 Å². The van der Waals surface area contributed by atoms with Crippen molar-refractivity contribution in [2.24, 2.45) is 0 Å². The van der Waals surface area contributed by atoms with E-state index in [0.29, 0.717) is 6.42 Å². The quantitative estimate of drug-likeness (QED) is 0.0420. The number of carbonyl (C=O) groups is 1. The summed E-state index contributed by atoms with van der Waals surface area (Å²) in [5, 5.41) is 23.4. The SMILES string of the molecule is CCCCCCCCCC/C=C\CCCCCCCCCCCCCCCCCCCCCCCCCCCC(=O)NC(CO)C(O)/C=C/CCCCCCCCCCCCCCCCCCCCCCCCCCCCCCCCC. The summed E-state index contributed by atoms with van der Waals surface area (Å²) in [6.07, 6.45) is 102. The maximum atomic E-state index is 12.6. The zero-order valence-electron chi connectivity index (χ0n) is 56.6. The van der Waals surface area contributed by atoms with Gasteiger partial charge in [-0.2, -0.15) is 0 Å². The Kier molecular flexibility index (Phi) is 73.1. The third-order valence-electron chi connectivity index (χ3n) is 18.4. The third-order valence-corrected chi connectivity index (χ3v) is 18.4. The topological polar surface area (TPSA) is 69.6 Å². The lowest BCUT2D eigenvalue weighted by Crippen LogP contribution is -2.45. The van der Waals surface area contributed by atoms with Crippen molar-refractivity contribution in [2.45, 2.75) is 463 Å². The zero-order valence-corrected chi connectivity index (χ0v) is 56.6. The Morgan fingerprint density at radius 1 is 0.280 bits per heavy atom. The van der Waals surface area contributed by atoms with Crippen molar-refractivity contribution in [1.82, 2.24) is 5.32 Å². The van der Waals surface area contributed by atoms with Crippen molar-refractivity contribution in [3.63, 3.8) is 0 Å². The number of unbranched alkanes of at least 4 members (excludes halogenated alkanes) is 64. The molecule has 0 rings (SSSR count). The van der Waals surface area contributed by atoms with Gasteiger partial charge in [-0.3, -0.25) is 4.79 Å². The molecule has 0 fully saturated rings. The summed E-state index contributed by atoms with van der Waals surface area (Å²) in [6.45, 7) is 4.37. The molecule has 2 atom stereocenters. The summed E-state index contributed by atoms with van der Waals surface area (Å²) < 4.78 is 0. The summed E-state index contributed by atoms with van der Waals surface area (Å²) in [5.41, 5.74) is 0. The molecule has 2 unspecified atom stereocenters. The average molecular weight is 1150 g/mol. The van der Waals surface area contributed by atoms with Crippen LogP contribution in [0, 0.1) is 0 Å². The smallest absolute Gasteiger partial charge is 0.220 e. The Morgan fingerprint density at radius 2 is 0.463 bits per heavy atom. The number of amides is 1. The van der Waals surface area contributed by atoms with Crippen LogP contribution >= 0.6 is 0 Å². The van der Waals surface area contributed by atoms with Crippen LogP contribution in [0.3, 0.4) is 0 Å². The predicted octanol–water partition coefficient (Wildman–Crippen LogP) is 26.5. The van der Waals surface area contributed by atoms with Gasteiger partial charge in [0.25, 0.3) is 0 Å². The highest BCUT2D eigenvalue weighted by Gasteiger charge is 2.18. The van der Waals surface area contributed by atoms with Crippen LogP contribution in [0.4, 0.5) is 0 Å². The number of rotatable bonds is 73. The van der Waals surface area contributed by atoms with E-state index in [4.69, 9.17) is 0 Å². The molecule has 0 aliphatic carbocycles. The zero-order chi connectivity index (χ0) is 59.1. The number of nitrogens with one attached hydrogen (secondary N) is 1. The Bertz CT molecular complexity index is 1210. The second-order valence-corrected chi connectivity index (χ2v) is 26.8. The second-order valence-electron chi connectivity index (χ2n) is 26.8. The summed E-state index contributed by atoms with van der Waals surface area (Å²) in [5.74, 6) is -0.0530. The van der Waals surface area contributed by atoms with E-state index in [9.17, 15) is 15.0 Å². The van der Waals surface area contributed by atoms with E-state index in [2.05, 4.69) is 31.3 Å². The van der Waals surface area contributed by atoms with E-state index in [0.717, 1.165) is 25.7 Å². The lowest BCUT2D eigenvalue weighted by atomic mass is 10.0. The minimum atomic E-state index is -0.839. The monoisotopic (exact) mass is 1150 g/mol. The van der Waals surface area contributed by atoms with Gasteiger partial charge in [0.2, 0.25) is 5.91 Å². The van der Waals surface area contributed by atoms with E-state index in [1.54, 1.807) is 6.08 Å². The molecule has 488 valence electrons. The average Bonchev–Trinajstić information content (AvgIpc) is 3.50. The molecule has 0 saturated carbocycles. The molecule has 0 spiro atoms. The van der Waals surface area contributed by atoms with Crippen molar-refractivity contribution in [1.29, 1.82) is 0 Å². The van der Waals surface area contributed by atoms with Crippen molar-refractivity contribution in [2.75, 3.05) is 6.61 Å². The molecule has 4 nitrogen and oxygen atoms in total. The number of allylic oxidation sites excluding steroid dienone is 3. The summed E-state index contributed by atoms with van der Waals surface area (Å²) in [4.78, 5) is 12.6. The van der Waals surface area contributed by atoms with Crippen LogP contribution < -0.4 is 5.32 Å². The van der Waals surface area contributed by atoms with E-state index in [1.165, 1.54) is 405 Å². The molecule has 0 aromatic rings. The number of hydrogen-bond acceptors (Lipinski definition) is 3. The molecule has 82 heavy (non-hydrogen) atoms. The van der Waals surface area contributed by atoms with Gasteiger partial charge in [-0.05, 0) is 44.9 Å². The van der Waals surface area contributed by atoms with Crippen LogP contribution in [0.25, 0.3) is 0 Å². The van der Waals surface area contributed by atoms with Gasteiger partial charge >= 0.3 is 0 Å². The van der Waals surface area contributed by atoms with Gasteiger partial charge in [-0.15, -0.1) is 0 Å². The van der Waals surface area contributed by atoms with E-state index >= 15 is 0 Å². The highest BCUT2D eigenvalue weighted by atomic mass is 16.3. The van der Waals surface area contributed by atoms with Crippen molar-refractivity contribution in [3.8, 4) is 0 Å². The summed E-state index contributed by atoms with van der Waals surface area (Å²) in [6, 6.07) is -0.621. The number of aliphatic hydroxyl groups excluding tert-OH is 2. The molecule has 0 aliphatic heterocycles. The van der Waals surface area contributed by atoms with Crippen LogP contribution in [0.1, 0.15) is 450 Å². The molecule has 3 N–H and O–H groups in total. The number of aliphatic hydroxyl groups is 2. The van der Waals surface area contributed by atoms with Crippen LogP contribution in [0.5, 0.6) is 0 Å². The van der Waals surface area contributed by atoms with Crippen LogP contribution in [-0.4, -0.2) is 34.9 Å². The van der Waals surface area contributed by atoms with Crippen LogP contribution in [0.15, 0.2) is 24.3 Å². The molecular formula is C78H153NO3.